The van der Waals surface area contributed by atoms with E-state index in [1.165, 1.54) is 0 Å². The van der Waals surface area contributed by atoms with Gasteiger partial charge < -0.3 is 9.26 Å². The van der Waals surface area contributed by atoms with E-state index in [0.29, 0.717) is 30.3 Å². The molecule has 0 N–H and O–H groups in total. The minimum Gasteiger partial charge on any atom is -0.497 e. The first kappa shape index (κ1) is 12.8. The van der Waals surface area contributed by atoms with Crippen LogP contribution in [0.3, 0.4) is 0 Å². The third-order valence-electron chi connectivity index (χ3n) is 3.66. The van der Waals surface area contributed by atoms with Crippen molar-refractivity contribution in [3.05, 3.63) is 30.2 Å². The van der Waals surface area contributed by atoms with Crippen LogP contribution in [0.25, 0.3) is 11.4 Å². The molecule has 0 amide bonds. The summed E-state index contributed by atoms with van der Waals surface area (Å²) >= 11 is 0. The summed E-state index contributed by atoms with van der Waals surface area (Å²) in [6.07, 6.45) is 2.83. The predicted molar refractivity (Wildman–Crippen MR) is 72.5 cm³/mol. The first-order valence-corrected chi connectivity index (χ1v) is 6.76. The summed E-state index contributed by atoms with van der Waals surface area (Å²) in [5.74, 6) is 2.50. The molecule has 1 aliphatic rings. The Balaban J connectivity index is 1.80. The monoisotopic (exact) mass is 272 g/mol. The second-order valence-electron chi connectivity index (χ2n) is 5.00. The minimum atomic E-state index is 0.208. The summed E-state index contributed by atoms with van der Waals surface area (Å²) in [7, 11) is 1.62. The molecule has 5 heteroatoms. The lowest BCUT2D eigenvalue weighted by Gasteiger charge is -2.16. The molecular weight excluding hydrogens is 256 g/mol. The fourth-order valence-corrected chi connectivity index (χ4v) is 2.47. The molecule has 2 aromatic rings. The van der Waals surface area contributed by atoms with Gasteiger partial charge in [0.2, 0.25) is 11.7 Å². The zero-order chi connectivity index (χ0) is 13.9. The molecule has 0 aliphatic heterocycles. The third kappa shape index (κ3) is 2.57. The summed E-state index contributed by atoms with van der Waals surface area (Å²) in [6, 6.07) is 7.56. The van der Waals surface area contributed by atoms with Crippen molar-refractivity contribution >= 4 is 5.78 Å². The SMILES string of the molecule is COc1cccc(-c2noc(C3CCC(=O)CC3)n2)c1. The molecule has 104 valence electrons. The van der Waals surface area contributed by atoms with E-state index in [1.807, 2.05) is 24.3 Å². The zero-order valence-corrected chi connectivity index (χ0v) is 11.3. The lowest BCUT2D eigenvalue weighted by molar-refractivity contribution is -0.120. The van der Waals surface area contributed by atoms with Gasteiger partial charge in [-0.25, -0.2) is 0 Å². The lowest BCUT2D eigenvalue weighted by atomic mass is 9.88. The van der Waals surface area contributed by atoms with Gasteiger partial charge in [0.05, 0.1) is 7.11 Å². The van der Waals surface area contributed by atoms with Crippen molar-refractivity contribution in [2.45, 2.75) is 31.6 Å². The number of aromatic nitrogens is 2. The van der Waals surface area contributed by atoms with Gasteiger partial charge in [0.25, 0.3) is 0 Å². The van der Waals surface area contributed by atoms with Gasteiger partial charge in [-0.05, 0) is 25.0 Å². The molecule has 20 heavy (non-hydrogen) atoms. The van der Waals surface area contributed by atoms with Crippen LogP contribution >= 0.6 is 0 Å². The molecule has 1 fully saturated rings. The van der Waals surface area contributed by atoms with Gasteiger partial charge in [-0.2, -0.15) is 4.98 Å². The number of rotatable bonds is 3. The maximum absolute atomic E-state index is 11.3. The Kier molecular flexibility index (Phi) is 3.50. The molecular formula is C15H16N2O3. The molecule has 0 unspecified atom stereocenters. The van der Waals surface area contributed by atoms with Gasteiger partial charge >= 0.3 is 0 Å². The summed E-state index contributed by atoms with van der Waals surface area (Å²) in [6.45, 7) is 0. The molecule has 0 spiro atoms. The summed E-state index contributed by atoms with van der Waals surface area (Å²) in [5.41, 5.74) is 0.867. The summed E-state index contributed by atoms with van der Waals surface area (Å²) in [5, 5.41) is 4.03. The smallest absolute Gasteiger partial charge is 0.230 e. The van der Waals surface area contributed by atoms with Crippen LogP contribution in [0.4, 0.5) is 0 Å². The number of methoxy groups -OCH3 is 1. The van der Waals surface area contributed by atoms with E-state index in [1.54, 1.807) is 7.11 Å². The number of carbonyl (C=O) groups is 1. The second-order valence-corrected chi connectivity index (χ2v) is 5.00. The first-order chi connectivity index (χ1) is 9.76. The van der Waals surface area contributed by atoms with Crippen LogP contribution in [0, 0.1) is 0 Å². The fourth-order valence-electron chi connectivity index (χ4n) is 2.47. The molecule has 1 heterocycles. The quantitative estimate of drug-likeness (QED) is 0.859. The number of benzene rings is 1. The van der Waals surface area contributed by atoms with Crippen molar-refractivity contribution in [2.75, 3.05) is 7.11 Å². The standard InChI is InChI=1S/C15H16N2O3/c1-19-13-4-2-3-11(9-13)14-16-15(20-17-14)10-5-7-12(18)8-6-10/h2-4,9-10H,5-8H2,1H3. The molecule has 1 aromatic carbocycles. The van der Waals surface area contributed by atoms with Crippen LogP contribution in [-0.4, -0.2) is 23.0 Å². The lowest BCUT2D eigenvalue weighted by Crippen LogP contribution is -2.12. The van der Waals surface area contributed by atoms with Crippen molar-refractivity contribution in [1.29, 1.82) is 0 Å². The largest absolute Gasteiger partial charge is 0.497 e. The topological polar surface area (TPSA) is 65.2 Å². The van der Waals surface area contributed by atoms with Gasteiger partial charge in [-0.3, -0.25) is 4.79 Å². The summed E-state index contributed by atoms with van der Waals surface area (Å²) < 4.78 is 10.5. The highest BCUT2D eigenvalue weighted by atomic mass is 16.5. The van der Waals surface area contributed by atoms with E-state index in [9.17, 15) is 4.79 Å². The van der Waals surface area contributed by atoms with Crippen molar-refractivity contribution in [2.24, 2.45) is 0 Å². The van der Waals surface area contributed by atoms with Crippen LogP contribution in [0.2, 0.25) is 0 Å². The Morgan fingerprint density at radius 2 is 2.10 bits per heavy atom. The Labute approximate surface area is 116 Å². The molecule has 0 atom stereocenters. The Morgan fingerprint density at radius 3 is 2.85 bits per heavy atom. The van der Waals surface area contributed by atoms with Crippen LogP contribution in [0.5, 0.6) is 5.75 Å². The molecule has 3 rings (SSSR count). The minimum absolute atomic E-state index is 0.208. The average molecular weight is 272 g/mol. The number of ketones is 1. The van der Waals surface area contributed by atoms with E-state index in [0.717, 1.165) is 24.2 Å². The molecule has 1 saturated carbocycles. The van der Waals surface area contributed by atoms with Crippen molar-refractivity contribution in [1.82, 2.24) is 10.1 Å². The van der Waals surface area contributed by atoms with E-state index in [-0.39, 0.29) is 5.92 Å². The van der Waals surface area contributed by atoms with Crippen LogP contribution in [-0.2, 0) is 4.79 Å². The van der Waals surface area contributed by atoms with E-state index in [4.69, 9.17) is 9.26 Å². The van der Waals surface area contributed by atoms with Crippen LogP contribution in [0.1, 0.15) is 37.5 Å². The van der Waals surface area contributed by atoms with Gasteiger partial charge in [0.1, 0.15) is 11.5 Å². The van der Waals surface area contributed by atoms with E-state index < -0.39 is 0 Å². The summed E-state index contributed by atoms with van der Waals surface area (Å²) in [4.78, 5) is 15.7. The normalized spacial score (nSPS) is 16.4. The van der Waals surface area contributed by atoms with Gasteiger partial charge in [0, 0.05) is 24.3 Å². The van der Waals surface area contributed by atoms with Crippen molar-refractivity contribution in [3.8, 4) is 17.1 Å². The molecule has 1 aliphatic carbocycles. The Morgan fingerprint density at radius 1 is 1.30 bits per heavy atom. The highest BCUT2D eigenvalue weighted by Gasteiger charge is 2.25. The van der Waals surface area contributed by atoms with E-state index in [2.05, 4.69) is 10.1 Å². The highest BCUT2D eigenvalue weighted by molar-refractivity contribution is 5.79. The number of ether oxygens (including phenoxy) is 1. The Bertz CT molecular complexity index is 611. The molecule has 0 saturated heterocycles. The van der Waals surface area contributed by atoms with Gasteiger partial charge in [-0.1, -0.05) is 17.3 Å². The van der Waals surface area contributed by atoms with Crippen molar-refractivity contribution < 1.29 is 14.1 Å². The first-order valence-electron chi connectivity index (χ1n) is 6.76. The average Bonchev–Trinajstić information content (AvgIpc) is 2.98. The van der Waals surface area contributed by atoms with Crippen LogP contribution < -0.4 is 4.74 Å². The third-order valence-corrected chi connectivity index (χ3v) is 3.66. The number of hydrogen-bond donors (Lipinski definition) is 0. The van der Waals surface area contributed by atoms with Gasteiger partial charge in [0.15, 0.2) is 0 Å². The number of nitrogens with zero attached hydrogens (tertiary/aromatic N) is 2. The number of hydrogen-bond acceptors (Lipinski definition) is 5. The number of carbonyl (C=O) groups excluding carboxylic acids is 1. The highest BCUT2D eigenvalue weighted by Crippen LogP contribution is 2.31. The number of Topliss-reactive ketones (excluding diaryl/α,β-unsaturated/α-hetero) is 1. The molecule has 1 aromatic heterocycles. The maximum atomic E-state index is 11.3. The molecule has 0 bridgehead atoms. The Hall–Kier alpha value is -2.17. The molecule has 0 radical (unpaired) electrons. The van der Waals surface area contributed by atoms with Crippen molar-refractivity contribution in [3.63, 3.8) is 0 Å². The fraction of sp³-hybridized carbons (Fsp3) is 0.400. The van der Waals surface area contributed by atoms with Gasteiger partial charge in [-0.15, -0.1) is 0 Å². The predicted octanol–water partition coefficient (Wildman–Crippen LogP) is 2.97. The zero-order valence-electron chi connectivity index (χ0n) is 11.3. The van der Waals surface area contributed by atoms with E-state index >= 15 is 0 Å². The maximum Gasteiger partial charge on any atom is 0.230 e. The molecule has 5 nitrogen and oxygen atoms in total. The second kappa shape index (κ2) is 5.45. The van der Waals surface area contributed by atoms with Crippen LogP contribution in [0.15, 0.2) is 28.8 Å².